The van der Waals surface area contributed by atoms with Gasteiger partial charge in [0.25, 0.3) is 11.8 Å². The second kappa shape index (κ2) is 5.82. The van der Waals surface area contributed by atoms with Crippen molar-refractivity contribution < 1.29 is 14.0 Å². The van der Waals surface area contributed by atoms with E-state index in [-0.39, 0.29) is 41.0 Å². The van der Waals surface area contributed by atoms with Crippen LogP contribution < -0.4 is 11.3 Å². The Balaban J connectivity index is 1.61. The molecule has 1 saturated carbocycles. The van der Waals surface area contributed by atoms with Gasteiger partial charge in [0.15, 0.2) is 12.1 Å². The highest BCUT2D eigenvalue weighted by Crippen LogP contribution is 2.53. The van der Waals surface area contributed by atoms with Crippen LogP contribution in [-0.4, -0.2) is 39.3 Å². The summed E-state index contributed by atoms with van der Waals surface area (Å²) in [5.41, 5.74) is 6.32. The van der Waals surface area contributed by atoms with E-state index >= 15 is 0 Å². The van der Waals surface area contributed by atoms with Crippen molar-refractivity contribution in [2.45, 2.75) is 38.1 Å². The smallest absolute Gasteiger partial charge is 0.270 e. The number of primary amides is 1. The van der Waals surface area contributed by atoms with E-state index in [1.807, 2.05) is 13.8 Å². The average molecular weight is 356 g/mol. The van der Waals surface area contributed by atoms with Gasteiger partial charge in [-0.15, -0.1) is 0 Å². The number of rotatable bonds is 4. The van der Waals surface area contributed by atoms with E-state index in [1.165, 1.54) is 12.5 Å². The van der Waals surface area contributed by atoms with Crippen molar-refractivity contribution in [3.8, 4) is 0 Å². The largest absolute Gasteiger partial charge is 0.447 e. The number of nitrogens with one attached hydrogen (secondary N) is 1. The number of fused-ring (bicyclic) bond motifs is 1. The molecule has 8 heteroatoms. The van der Waals surface area contributed by atoms with Crippen LogP contribution in [0.3, 0.4) is 0 Å². The molecule has 5 rings (SSSR count). The minimum absolute atomic E-state index is 0.0691. The summed E-state index contributed by atoms with van der Waals surface area (Å²) in [4.78, 5) is 44.8. The predicted molar refractivity (Wildman–Crippen MR) is 91.8 cm³/mol. The van der Waals surface area contributed by atoms with Gasteiger partial charge in [-0.2, -0.15) is 0 Å². The number of oxazole rings is 1. The monoisotopic (exact) mass is 356 g/mol. The Kier molecular flexibility index (Phi) is 3.71. The molecule has 0 spiro atoms. The molecule has 8 nitrogen and oxygen atoms in total. The summed E-state index contributed by atoms with van der Waals surface area (Å²) in [7, 11) is 0. The molecule has 4 heterocycles. The molecule has 0 radical (unpaired) electrons. The Bertz CT molecular complexity index is 945. The molecule has 2 saturated heterocycles. The van der Waals surface area contributed by atoms with Crippen molar-refractivity contribution in [1.29, 1.82) is 0 Å². The number of aromatic amines is 1. The third-order valence-electron chi connectivity index (χ3n) is 5.42. The van der Waals surface area contributed by atoms with Crippen LogP contribution in [0.5, 0.6) is 0 Å². The number of hydrogen-bond acceptors (Lipinski definition) is 5. The van der Waals surface area contributed by atoms with E-state index in [0.29, 0.717) is 17.9 Å². The molecule has 3 atom stereocenters. The molecular weight excluding hydrogens is 336 g/mol. The number of H-pyrrole nitrogens is 1. The Morgan fingerprint density at radius 2 is 2.15 bits per heavy atom. The molecule has 3 unspecified atom stereocenters. The third-order valence-corrected chi connectivity index (χ3v) is 5.42. The van der Waals surface area contributed by atoms with E-state index in [1.54, 1.807) is 11.0 Å². The molecule has 2 aliphatic heterocycles. The zero-order valence-corrected chi connectivity index (χ0v) is 14.6. The first-order chi connectivity index (χ1) is 12.4. The number of nitrogens with zero attached hydrogens (tertiary/aromatic N) is 2. The van der Waals surface area contributed by atoms with Gasteiger partial charge in [0.05, 0.1) is 0 Å². The number of nitrogens with two attached hydrogens (primary N) is 1. The molecule has 2 aromatic rings. The Morgan fingerprint density at radius 1 is 1.38 bits per heavy atom. The summed E-state index contributed by atoms with van der Waals surface area (Å²) in [5, 5.41) is 0. The molecule has 136 valence electrons. The summed E-state index contributed by atoms with van der Waals surface area (Å²) < 4.78 is 5.41. The van der Waals surface area contributed by atoms with Crippen LogP contribution in [0.15, 0.2) is 27.7 Å². The van der Waals surface area contributed by atoms with Crippen LogP contribution in [0.1, 0.15) is 64.4 Å². The summed E-state index contributed by atoms with van der Waals surface area (Å²) in [6.45, 7) is 4.48. The lowest BCUT2D eigenvalue weighted by molar-refractivity contribution is 0.0729. The van der Waals surface area contributed by atoms with Crippen LogP contribution in [0.2, 0.25) is 0 Å². The second-order valence-corrected chi connectivity index (χ2v) is 7.32. The molecule has 3 fully saturated rings. The fourth-order valence-corrected chi connectivity index (χ4v) is 4.08. The molecule has 1 aliphatic carbocycles. The van der Waals surface area contributed by atoms with Gasteiger partial charge >= 0.3 is 0 Å². The van der Waals surface area contributed by atoms with Crippen molar-refractivity contribution in [2.75, 3.05) is 6.54 Å². The van der Waals surface area contributed by atoms with Crippen molar-refractivity contribution in [3.05, 3.63) is 51.6 Å². The third kappa shape index (κ3) is 2.44. The average Bonchev–Trinajstić information content (AvgIpc) is 3.27. The summed E-state index contributed by atoms with van der Waals surface area (Å²) in [6.07, 6.45) is 2.06. The van der Waals surface area contributed by atoms with Crippen LogP contribution in [-0.2, 0) is 0 Å². The predicted octanol–water partition coefficient (Wildman–Crippen LogP) is 1.21. The van der Waals surface area contributed by atoms with Gasteiger partial charge < -0.3 is 20.0 Å². The van der Waals surface area contributed by atoms with Crippen LogP contribution in [0.4, 0.5) is 0 Å². The quantitative estimate of drug-likeness (QED) is 0.852. The number of amides is 2. The highest BCUT2D eigenvalue weighted by atomic mass is 16.3. The first kappa shape index (κ1) is 16.6. The summed E-state index contributed by atoms with van der Waals surface area (Å²) in [5.74, 6) is -0.0927. The van der Waals surface area contributed by atoms with Gasteiger partial charge in [0.1, 0.15) is 5.76 Å². The van der Waals surface area contributed by atoms with Crippen molar-refractivity contribution in [1.82, 2.24) is 14.9 Å². The molecule has 2 amide bonds. The normalized spacial score (nSPS) is 24.0. The van der Waals surface area contributed by atoms with Crippen LogP contribution in [0.25, 0.3) is 0 Å². The molecule has 3 N–H and O–H groups in total. The van der Waals surface area contributed by atoms with Crippen LogP contribution >= 0.6 is 0 Å². The lowest BCUT2D eigenvalue weighted by Crippen LogP contribution is -2.40. The molecule has 26 heavy (non-hydrogen) atoms. The summed E-state index contributed by atoms with van der Waals surface area (Å²) in [6, 6.07) is 3.00. The maximum absolute atomic E-state index is 13.0. The van der Waals surface area contributed by atoms with E-state index in [0.717, 1.165) is 12.1 Å². The molecular formula is C18H20N4O4. The Morgan fingerprint density at radius 3 is 2.85 bits per heavy atom. The van der Waals surface area contributed by atoms with E-state index in [9.17, 15) is 14.4 Å². The van der Waals surface area contributed by atoms with Crippen molar-refractivity contribution in [3.63, 3.8) is 0 Å². The lowest BCUT2D eigenvalue weighted by atomic mass is 9.72. The number of aromatic nitrogens is 2. The topological polar surface area (TPSA) is 122 Å². The summed E-state index contributed by atoms with van der Waals surface area (Å²) >= 11 is 0. The van der Waals surface area contributed by atoms with E-state index < -0.39 is 5.91 Å². The van der Waals surface area contributed by atoms with Crippen molar-refractivity contribution >= 4 is 11.8 Å². The SMILES string of the molecule is CC(C)c1cc(C(=O)N2CC3CC2C3c2ocnc2C(N)=O)cc(=O)[nH]1. The molecule has 2 bridgehead atoms. The van der Waals surface area contributed by atoms with Gasteiger partial charge in [-0.1, -0.05) is 13.8 Å². The van der Waals surface area contributed by atoms with Gasteiger partial charge in [0, 0.05) is 35.8 Å². The lowest BCUT2D eigenvalue weighted by Gasteiger charge is -2.35. The fraction of sp³-hybridized carbons (Fsp3) is 0.444. The highest BCUT2D eigenvalue weighted by molar-refractivity contribution is 5.95. The number of carbonyl (C=O) groups excluding carboxylic acids is 2. The Hall–Kier alpha value is -2.90. The molecule has 0 aromatic carbocycles. The molecule has 3 aliphatic rings. The fourth-order valence-electron chi connectivity index (χ4n) is 4.08. The Labute approximate surface area is 149 Å². The minimum atomic E-state index is -0.630. The standard InChI is InChI=1S/C18H20N4O4/c1-8(2)11-3-9(5-13(23)21-11)18(25)22-6-10-4-12(22)14(10)16-15(17(19)24)20-7-26-16/h3,5,7-8,10,12,14H,4,6H2,1-2H3,(H2,19,24)(H,21,23). The zero-order chi connectivity index (χ0) is 18.6. The minimum Gasteiger partial charge on any atom is -0.447 e. The number of hydrogen-bond donors (Lipinski definition) is 2. The van der Waals surface area contributed by atoms with E-state index in [4.69, 9.17) is 10.2 Å². The second-order valence-electron chi connectivity index (χ2n) is 7.32. The maximum Gasteiger partial charge on any atom is 0.270 e. The van der Waals surface area contributed by atoms with Gasteiger partial charge in [-0.25, -0.2) is 4.98 Å². The van der Waals surface area contributed by atoms with Gasteiger partial charge in [-0.3, -0.25) is 14.4 Å². The highest BCUT2D eigenvalue weighted by Gasteiger charge is 2.56. The first-order valence-electron chi connectivity index (χ1n) is 8.65. The first-order valence-corrected chi connectivity index (χ1v) is 8.65. The molecule has 2 aromatic heterocycles. The number of carbonyl (C=O) groups is 2. The van der Waals surface area contributed by atoms with Crippen LogP contribution in [0, 0.1) is 5.92 Å². The number of pyridine rings is 1. The zero-order valence-electron chi connectivity index (χ0n) is 14.6. The van der Waals surface area contributed by atoms with E-state index in [2.05, 4.69) is 9.97 Å². The van der Waals surface area contributed by atoms with Gasteiger partial charge in [-0.05, 0) is 24.3 Å². The maximum atomic E-state index is 13.0. The van der Waals surface area contributed by atoms with Gasteiger partial charge in [0.2, 0.25) is 5.56 Å². The van der Waals surface area contributed by atoms with Crippen molar-refractivity contribution in [2.24, 2.45) is 11.7 Å².